The lowest BCUT2D eigenvalue weighted by atomic mass is 9.94. The molecule has 1 saturated heterocycles. The molecule has 3 rings (SSSR count). The lowest BCUT2D eigenvalue weighted by Gasteiger charge is -2.25. The third kappa shape index (κ3) is 2.12. The fourth-order valence-electron chi connectivity index (χ4n) is 2.91. The van der Waals surface area contributed by atoms with E-state index in [9.17, 15) is 0 Å². The molecule has 0 saturated carbocycles. The standard InChI is InChI=1S/C14H17ClN2/c1-9-5-12(8-17-14(9)15)11-6-10-3-2-4-16-13(10)7-11/h5-6,8,10,13,16H,2-4,7H2,1H3/t10-,13+/m1/s1. The quantitative estimate of drug-likeness (QED) is 0.772. The summed E-state index contributed by atoms with van der Waals surface area (Å²) in [6, 6.07) is 2.80. The molecule has 0 amide bonds. The second-order valence-corrected chi connectivity index (χ2v) is 5.45. The molecule has 0 unspecified atom stereocenters. The van der Waals surface area contributed by atoms with Crippen molar-refractivity contribution in [1.29, 1.82) is 0 Å². The van der Waals surface area contributed by atoms with Crippen LogP contribution in [0.3, 0.4) is 0 Å². The van der Waals surface area contributed by atoms with Gasteiger partial charge in [0.1, 0.15) is 5.15 Å². The smallest absolute Gasteiger partial charge is 0.131 e. The maximum Gasteiger partial charge on any atom is 0.131 e. The van der Waals surface area contributed by atoms with Crippen molar-refractivity contribution in [3.05, 3.63) is 34.6 Å². The molecule has 3 heteroatoms. The van der Waals surface area contributed by atoms with E-state index in [0.29, 0.717) is 11.2 Å². The zero-order chi connectivity index (χ0) is 11.8. The van der Waals surface area contributed by atoms with E-state index in [4.69, 9.17) is 11.6 Å². The van der Waals surface area contributed by atoms with Gasteiger partial charge in [-0.05, 0) is 61.4 Å². The number of nitrogens with one attached hydrogen (secondary N) is 1. The third-order valence-corrected chi connectivity index (χ3v) is 4.27. The Balaban J connectivity index is 1.87. The first-order valence-corrected chi connectivity index (χ1v) is 6.68. The van der Waals surface area contributed by atoms with Crippen LogP contribution in [0.25, 0.3) is 5.57 Å². The predicted octanol–water partition coefficient (Wildman–Crippen LogP) is 3.20. The highest BCUT2D eigenvalue weighted by Gasteiger charge is 2.29. The van der Waals surface area contributed by atoms with E-state index in [1.165, 1.54) is 30.5 Å². The number of aryl methyl sites for hydroxylation is 1. The van der Waals surface area contributed by atoms with Crippen molar-refractivity contribution in [2.24, 2.45) is 5.92 Å². The van der Waals surface area contributed by atoms with Crippen molar-refractivity contribution in [3.8, 4) is 0 Å². The summed E-state index contributed by atoms with van der Waals surface area (Å²) < 4.78 is 0. The van der Waals surface area contributed by atoms with Crippen LogP contribution < -0.4 is 5.32 Å². The second kappa shape index (κ2) is 4.43. The first-order chi connectivity index (χ1) is 8.24. The summed E-state index contributed by atoms with van der Waals surface area (Å²) in [5, 5.41) is 4.22. The lowest BCUT2D eigenvalue weighted by molar-refractivity contribution is 0.348. The summed E-state index contributed by atoms with van der Waals surface area (Å²) in [5.74, 6) is 0.717. The largest absolute Gasteiger partial charge is 0.313 e. The van der Waals surface area contributed by atoms with E-state index in [1.54, 1.807) is 0 Å². The van der Waals surface area contributed by atoms with Crippen LogP contribution in [-0.4, -0.2) is 17.6 Å². The molecule has 0 aromatic carbocycles. The molecule has 1 aliphatic heterocycles. The Hall–Kier alpha value is -0.860. The molecule has 2 heterocycles. The number of hydrogen-bond acceptors (Lipinski definition) is 2. The summed E-state index contributed by atoms with van der Waals surface area (Å²) in [6.45, 7) is 3.18. The molecule has 1 aromatic rings. The fraction of sp³-hybridized carbons (Fsp3) is 0.500. The highest BCUT2D eigenvalue weighted by molar-refractivity contribution is 6.30. The minimum Gasteiger partial charge on any atom is -0.313 e. The number of rotatable bonds is 1. The summed E-state index contributed by atoms with van der Waals surface area (Å²) in [4.78, 5) is 4.24. The zero-order valence-electron chi connectivity index (χ0n) is 10.0. The Morgan fingerprint density at radius 2 is 2.35 bits per heavy atom. The molecule has 1 fully saturated rings. The number of aromatic nitrogens is 1. The van der Waals surface area contributed by atoms with E-state index < -0.39 is 0 Å². The molecule has 17 heavy (non-hydrogen) atoms. The minimum atomic E-state index is 0.614. The molecular formula is C14H17ClN2. The SMILES string of the molecule is Cc1cc(C2=C[C@H]3CCCN[C@H]3C2)cnc1Cl. The van der Waals surface area contributed by atoms with Crippen molar-refractivity contribution in [1.82, 2.24) is 10.3 Å². The number of nitrogens with zero attached hydrogens (tertiary/aromatic N) is 1. The van der Waals surface area contributed by atoms with Crippen LogP contribution in [0.1, 0.15) is 30.4 Å². The molecule has 2 nitrogen and oxygen atoms in total. The van der Waals surface area contributed by atoms with Gasteiger partial charge in [-0.3, -0.25) is 0 Å². The Kier molecular flexibility index (Phi) is 2.93. The monoisotopic (exact) mass is 248 g/mol. The Labute approximate surface area is 107 Å². The van der Waals surface area contributed by atoms with E-state index in [-0.39, 0.29) is 0 Å². The van der Waals surface area contributed by atoms with Crippen LogP contribution in [0.15, 0.2) is 18.3 Å². The van der Waals surface area contributed by atoms with E-state index in [1.807, 2.05) is 13.1 Å². The Bertz CT molecular complexity index is 467. The van der Waals surface area contributed by atoms with Crippen LogP contribution in [0.2, 0.25) is 5.15 Å². The van der Waals surface area contributed by atoms with Gasteiger partial charge in [0, 0.05) is 12.2 Å². The van der Waals surface area contributed by atoms with Gasteiger partial charge in [-0.15, -0.1) is 0 Å². The van der Waals surface area contributed by atoms with Gasteiger partial charge in [0.15, 0.2) is 0 Å². The van der Waals surface area contributed by atoms with Gasteiger partial charge >= 0.3 is 0 Å². The van der Waals surface area contributed by atoms with Crippen LogP contribution in [-0.2, 0) is 0 Å². The molecule has 90 valence electrons. The lowest BCUT2D eigenvalue weighted by Crippen LogP contribution is -2.37. The van der Waals surface area contributed by atoms with Crippen LogP contribution >= 0.6 is 11.6 Å². The Morgan fingerprint density at radius 1 is 1.47 bits per heavy atom. The van der Waals surface area contributed by atoms with Crippen molar-refractivity contribution >= 4 is 17.2 Å². The first-order valence-electron chi connectivity index (χ1n) is 6.30. The number of hydrogen-bond donors (Lipinski definition) is 1. The maximum absolute atomic E-state index is 5.97. The number of fused-ring (bicyclic) bond motifs is 1. The number of pyridine rings is 1. The summed E-state index contributed by atoms with van der Waals surface area (Å²) >= 11 is 5.97. The van der Waals surface area contributed by atoms with Crippen LogP contribution in [0.5, 0.6) is 0 Å². The van der Waals surface area contributed by atoms with Crippen LogP contribution in [0.4, 0.5) is 0 Å². The average Bonchev–Trinajstić information content (AvgIpc) is 2.76. The molecule has 0 radical (unpaired) electrons. The van der Waals surface area contributed by atoms with E-state index in [0.717, 1.165) is 17.9 Å². The molecular weight excluding hydrogens is 232 g/mol. The zero-order valence-corrected chi connectivity index (χ0v) is 10.8. The van der Waals surface area contributed by atoms with Crippen molar-refractivity contribution in [2.45, 2.75) is 32.2 Å². The third-order valence-electron chi connectivity index (χ3n) is 3.88. The average molecular weight is 249 g/mol. The van der Waals surface area contributed by atoms with Crippen molar-refractivity contribution < 1.29 is 0 Å². The molecule has 0 bridgehead atoms. The second-order valence-electron chi connectivity index (χ2n) is 5.09. The fourth-order valence-corrected chi connectivity index (χ4v) is 3.02. The van der Waals surface area contributed by atoms with Gasteiger partial charge in [0.2, 0.25) is 0 Å². The summed E-state index contributed by atoms with van der Waals surface area (Å²) in [6.07, 6.45) is 8.08. The van der Waals surface area contributed by atoms with Gasteiger partial charge in [0.05, 0.1) is 0 Å². The highest BCUT2D eigenvalue weighted by Crippen LogP contribution is 2.36. The van der Waals surface area contributed by atoms with Crippen molar-refractivity contribution in [2.75, 3.05) is 6.54 Å². The highest BCUT2D eigenvalue weighted by atomic mass is 35.5. The van der Waals surface area contributed by atoms with E-state index >= 15 is 0 Å². The Morgan fingerprint density at radius 3 is 3.12 bits per heavy atom. The molecule has 1 N–H and O–H groups in total. The summed E-state index contributed by atoms with van der Waals surface area (Å²) in [7, 11) is 0. The maximum atomic E-state index is 5.97. The topological polar surface area (TPSA) is 24.9 Å². The molecule has 0 spiro atoms. The molecule has 1 aliphatic carbocycles. The minimum absolute atomic E-state index is 0.614. The number of piperidine rings is 1. The molecule has 2 aliphatic rings. The van der Waals surface area contributed by atoms with Gasteiger partial charge in [-0.1, -0.05) is 17.7 Å². The predicted molar refractivity (Wildman–Crippen MR) is 71.1 cm³/mol. The van der Waals surface area contributed by atoms with Crippen LogP contribution in [0, 0.1) is 12.8 Å². The molecule has 2 atom stereocenters. The normalized spacial score (nSPS) is 27.8. The van der Waals surface area contributed by atoms with E-state index in [2.05, 4.69) is 22.4 Å². The van der Waals surface area contributed by atoms with Gasteiger partial charge in [-0.25, -0.2) is 4.98 Å². The van der Waals surface area contributed by atoms with Gasteiger partial charge in [-0.2, -0.15) is 0 Å². The van der Waals surface area contributed by atoms with Crippen molar-refractivity contribution in [3.63, 3.8) is 0 Å². The summed E-state index contributed by atoms with van der Waals surface area (Å²) in [5.41, 5.74) is 3.73. The van der Waals surface area contributed by atoms with Gasteiger partial charge < -0.3 is 5.32 Å². The van der Waals surface area contributed by atoms with Gasteiger partial charge in [0.25, 0.3) is 0 Å². The first kappa shape index (κ1) is 11.2. The number of halogens is 1. The molecule has 1 aromatic heterocycles.